The van der Waals surface area contributed by atoms with E-state index in [1.165, 1.54) is 30.7 Å². The van der Waals surface area contributed by atoms with E-state index in [4.69, 9.17) is 5.73 Å². The van der Waals surface area contributed by atoms with Gasteiger partial charge in [0, 0.05) is 19.5 Å². The number of nitrogen functional groups attached to an aromatic ring is 1. The van der Waals surface area contributed by atoms with Crippen molar-refractivity contribution in [1.29, 1.82) is 0 Å². The second-order valence-electron chi connectivity index (χ2n) is 5.34. The van der Waals surface area contributed by atoms with E-state index in [0.717, 1.165) is 23.9 Å². The zero-order chi connectivity index (χ0) is 13.8. The zero-order valence-electron chi connectivity index (χ0n) is 11.9. The lowest BCUT2D eigenvalue weighted by atomic mass is 9.98. The van der Waals surface area contributed by atoms with E-state index in [9.17, 15) is 4.79 Å². The first-order chi connectivity index (χ1) is 9.15. The second kappa shape index (κ2) is 6.42. The van der Waals surface area contributed by atoms with Crippen molar-refractivity contribution in [3.8, 4) is 0 Å². The molecule has 2 N–H and O–H groups in total. The Labute approximate surface area is 119 Å². The Morgan fingerprint density at radius 3 is 2.89 bits per heavy atom. The van der Waals surface area contributed by atoms with Crippen LogP contribution in [-0.4, -0.2) is 18.9 Å². The van der Waals surface area contributed by atoms with Crippen LogP contribution in [0.1, 0.15) is 55.6 Å². The first-order valence-corrected chi connectivity index (χ1v) is 8.14. The van der Waals surface area contributed by atoms with Gasteiger partial charge in [-0.15, -0.1) is 11.3 Å². The van der Waals surface area contributed by atoms with Crippen LogP contribution >= 0.6 is 11.3 Å². The average Bonchev–Trinajstić information content (AvgIpc) is 2.66. The van der Waals surface area contributed by atoms with Gasteiger partial charge in [-0.05, 0) is 31.2 Å². The number of ketones is 1. The maximum Gasteiger partial charge on any atom is 0.174 e. The van der Waals surface area contributed by atoms with Gasteiger partial charge < -0.3 is 10.6 Å². The lowest BCUT2D eigenvalue weighted by Crippen LogP contribution is -2.23. The second-order valence-corrected chi connectivity index (χ2v) is 6.37. The summed E-state index contributed by atoms with van der Waals surface area (Å²) < 4.78 is 0. The molecule has 1 aliphatic rings. The SMILES string of the molecule is CCC(=O)c1sc(N2CCCC(CC)CC2)cc1N. The molecule has 1 aromatic heterocycles. The minimum atomic E-state index is 0.162. The van der Waals surface area contributed by atoms with E-state index in [1.54, 1.807) is 11.3 Å². The Morgan fingerprint density at radius 1 is 1.42 bits per heavy atom. The van der Waals surface area contributed by atoms with Gasteiger partial charge in [-0.25, -0.2) is 0 Å². The monoisotopic (exact) mass is 280 g/mol. The van der Waals surface area contributed by atoms with Crippen molar-refractivity contribution < 1.29 is 4.79 Å². The van der Waals surface area contributed by atoms with Crippen molar-refractivity contribution in [2.24, 2.45) is 5.92 Å². The van der Waals surface area contributed by atoms with Crippen LogP contribution in [0.25, 0.3) is 0 Å². The van der Waals surface area contributed by atoms with Crippen LogP contribution in [0.3, 0.4) is 0 Å². The van der Waals surface area contributed by atoms with Gasteiger partial charge >= 0.3 is 0 Å². The third kappa shape index (κ3) is 3.30. The molecule has 4 heteroatoms. The summed E-state index contributed by atoms with van der Waals surface area (Å²) in [7, 11) is 0. The summed E-state index contributed by atoms with van der Waals surface area (Å²) in [6.45, 7) is 6.36. The fourth-order valence-corrected chi connectivity index (χ4v) is 3.86. The molecule has 0 aromatic carbocycles. The highest BCUT2D eigenvalue weighted by molar-refractivity contribution is 7.18. The lowest BCUT2D eigenvalue weighted by Gasteiger charge is -2.20. The Morgan fingerprint density at radius 2 is 2.21 bits per heavy atom. The number of hydrogen-bond acceptors (Lipinski definition) is 4. The molecular weight excluding hydrogens is 256 g/mol. The molecule has 0 saturated carbocycles. The van der Waals surface area contributed by atoms with Gasteiger partial charge in [-0.1, -0.05) is 20.3 Å². The van der Waals surface area contributed by atoms with Crippen LogP contribution < -0.4 is 10.6 Å². The van der Waals surface area contributed by atoms with Crippen molar-refractivity contribution in [2.75, 3.05) is 23.7 Å². The van der Waals surface area contributed by atoms with Crippen LogP contribution in [0.5, 0.6) is 0 Å². The highest BCUT2D eigenvalue weighted by Crippen LogP contribution is 2.35. The molecule has 0 spiro atoms. The van der Waals surface area contributed by atoms with E-state index in [2.05, 4.69) is 11.8 Å². The molecule has 1 aromatic rings. The quantitative estimate of drug-likeness (QED) is 0.850. The largest absolute Gasteiger partial charge is 0.397 e. The number of anilines is 2. The molecule has 1 unspecified atom stereocenters. The molecule has 1 fully saturated rings. The minimum Gasteiger partial charge on any atom is -0.397 e. The molecule has 1 saturated heterocycles. The summed E-state index contributed by atoms with van der Waals surface area (Å²) >= 11 is 1.57. The Kier molecular flexibility index (Phi) is 4.86. The van der Waals surface area contributed by atoms with Gasteiger partial charge in [0.05, 0.1) is 15.6 Å². The van der Waals surface area contributed by atoms with E-state index >= 15 is 0 Å². The Hall–Kier alpha value is -1.03. The number of thiophene rings is 1. The predicted molar refractivity (Wildman–Crippen MR) is 83.2 cm³/mol. The van der Waals surface area contributed by atoms with Gasteiger partial charge in [0.15, 0.2) is 5.78 Å². The number of carbonyl (C=O) groups excluding carboxylic acids is 1. The van der Waals surface area contributed by atoms with E-state index in [-0.39, 0.29) is 5.78 Å². The third-order valence-corrected chi connectivity index (χ3v) is 5.31. The summed E-state index contributed by atoms with van der Waals surface area (Å²) in [4.78, 5) is 15.0. The first kappa shape index (κ1) is 14.4. The van der Waals surface area contributed by atoms with Crippen molar-refractivity contribution in [1.82, 2.24) is 0 Å². The normalized spacial score (nSPS) is 20.3. The molecule has 0 aliphatic carbocycles. The van der Waals surface area contributed by atoms with Crippen molar-refractivity contribution in [3.63, 3.8) is 0 Å². The third-order valence-electron chi connectivity index (χ3n) is 4.06. The molecule has 2 rings (SSSR count). The summed E-state index contributed by atoms with van der Waals surface area (Å²) in [5.74, 6) is 1.02. The summed E-state index contributed by atoms with van der Waals surface area (Å²) in [6.07, 6.45) is 5.63. The summed E-state index contributed by atoms with van der Waals surface area (Å²) in [5, 5.41) is 1.17. The van der Waals surface area contributed by atoms with Gasteiger partial charge in [0.1, 0.15) is 0 Å². The number of Topliss-reactive ketones (excluding diaryl/α,β-unsaturated/α-hetero) is 1. The summed E-state index contributed by atoms with van der Waals surface area (Å²) in [5.41, 5.74) is 6.64. The molecule has 0 bridgehead atoms. The van der Waals surface area contributed by atoms with Crippen molar-refractivity contribution >= 4 is 27.8 Å². The van der Waals surface area contributed by atoms with Gasteiger partial charge in [-0.3, -0.25) is 4.79 Å². The van der Waals surface area contributed by atoms with E-state index in [1.807, 2.05) is 13.0 Å². The van der Waals surface area contributed by atoms with E-state index < -0.39 is 0 Å². The van der Waals surface area contributed by atoms with Crippen LogP contribution in [0.4, 0.5) is 10.7 Å². The van der Waals surface area contributed by atoms with Crippen molar-refractivity contribution in [2.45, 2.75) is 46.0 Å². The maximum absolute atomic E-state index is 11.8. The predicted octanol–water partition coefficient (Wildman–Crippen LogP) is 3.94. The molecule has 0 amide bonds. The average molecular weight is 280 g/mol. The minimum absolute atomic E-state index is 0.162. The fraction of sp³-hybridized carbons (Fsp3) is 0.667. The van der Waals surface area contributed by atoms with Crippen molar-refractivity contribution in [3.05, 3.63) is 10.9 Å². The molecule has 1 aliphatic heterocycles. The number of hydrogen-bond donors (Lipinski definition) is 1. The molecule has 106 valence electrons. The molecule has 3 nitrogen and oxygen atoms in total. The highest BCUT2D eigenvalue weighted by atomic mass is 32.1. The molecular formula is C15H24N2OS. The maximum atomic E-state index is 11.8. The topological polar surface area (TPSA) is 46.3 Å². The molecule has 1 atom stereocenters. The van der Waals surface area contributed by atoms with Gasteiger partial charge in [0.25, 0.3) is 0 Å². The first-order valence-electron chi connectivity index (χ1n) is 7.33. The standard InChI is InChI=1S/C15H24N2OS/c1-3-11-6-5-8-17(9-7-11)14-10-12(16)15(19-14)13(18)4-2/h10-11H,3-9,16H2,1-2H3. The summed E-state index contributed by atoms with van der Waals surface area (Å²) in [6, 6.07) is 1.99. The number of nitrogens with zero attached hydrogens (tertiary/aromatic N) is 1. The number of carbonyl (C=O) groups is 1. The number of rotatable bonds is 4. The zero-order valence-corrected chi connectivity index (χ0v) is 12.8. The van der Waals surface area contributed by atoms with Gasteiger partial charge in [-0.2, -0.15) is 0 Å². The van der Waals surface area contributed by atoms with Crippen LogP contribution in [-0.2, 0) is 0 Å². The molecule has 2 heterocycles. The number of nitrogens with two attached hydrogens (primary N) is 1. The molecule has 0 radical (unpaired) electrons. The lowest BCUT2D eigenvalue weighted by molar-refractivity contribution is 0.0993. The van der Waals surface area contributed by atoms with Crippen LogP contribution in [0.2, 0.25) is 0 Å². The fourth-order valence-electron chi connectivity index (χ4n) is 2.72. The Balaban J connectivity index is 2.11. The smallest absolute Gasteiger partial charge is 0.174 e. The van der Waals surface area contributed by atoms with Crippen LogP contribution in [0.15, 0.2) is 6.07 Å². The van der Waals surface area contributed by atoms with E-state index in [0.29, 0.717) is 12.1 Å². The Bertz CT molecular complexity index is 441. The molecule has 19 heavy (non-hydrogen) atoms. The van der Waals surface area contributed by atoms with Crippen LogP contribution in [0, 0.1) is 5.92 Å². The highest BCUT2D eigenvalue weighted by Gasteiger charge is 2.20. The van der Waals surface area contributed by atoms with Gasteiger partial charge in [0.2, 0.25) is 0 Å².